The van der Waals surface area contributed by atoms with E-state index in [9.17, 15) is 37.5 Å². The summed E-state index contributed by atoms with van der Waals surface area (Å²) in [5.41, 5.74) is -0.0377. The number of piperazine rings is 1. The van der Waals surface area contributed by atoms with E-state index in [2.05, 4.69) is 20.4 Å². The zero-order chi connectivity index (χ0) is 38.2. The van der Waals surface area contributed by atoms with E-state index in [1.807, 2.05) is 16.7 Å². The van der Waals surface area contributed by atoms with E-state index in [0.29, 0.717) is 24.2 Å². The van der Waals surface area contributed by atoms with Crippen molar-refractivity contribution in [3.05, 3.63) is 74.4 Å². The molecule has 0 spiro atoms. The number of benzene rings is 1. The van der Waals surface area contributed by atoms with E-state index in [1.165, 1.54) is 17.3 Å². The molecule has 1 aromatic carbocycles. The predicted molar refractivity (Wildman–Crippen MR) is 188 cm³/mol. The number of carbonyl (C=O) groups excluding carboxylic acids is 3. The third-order valence-electron chi connectivity index (χ3n) is 10.5. The number of fused-ring (bicyclic) bond motifs is 3. The van der Waals surface area contributed by atoms with E-state index in [1.54, 1.807) is 11.5 Å². The van der Waals surface area contributed by atoms with Crippen LogP contribution in [0.3, 0.4) is 0 Å². The molecule has 3 aromatic heterocycles. The molecule has 6 heterocycles. The molecular formula is C35H34ClF3N10O5. The average Bonchev–Trinajstić information content (AvgIpc) is 3.78. The first-order valence-electron chi connectivity index (χ1n) is 17.5. The second kappa shape index (κ2) is 13.1. The van der Waals surface area contributed by atoms with Gasteiger partial charge in [-0.3, -0.25) is 23.7 Å². The summed E-state index contributed by atoms with van der Waals surface area (Å²) in [7, 11) is 0. The highest BCUT2D eigenvalue weighted by molar-refractivity contribution is 6.33. The maximum atomic E-state index is 14.5. The Kier molecular flexibility index (Phi) is 8.62. The number of amides is 3. The predicted octanol–water partition coefficient (Wildman–Crippen LogP) is 3.79. The van der Waals surface area contributed by atoms with Crippen LogP contribution in [0, 0.1) is 6.92 Å². The smallest absolute Gasteiger partial charge is 0.416 e. The molecule has 15 nitrogen and oxygen atoms in total. The fourth-order valence-electron chi connectivity index (χ4n) is 7.51. The van der Waals surface area contributed by atoms with Gasteiger partial charge in [0.2, 0.25) is 17.6 Å². The number of anilines is 2. The van der Waals surface area contributed by atoms with Crippen LogP contribution in [-0.2, 0) is 15.8 Å². The van der Waals surface area contributed by atoms with Crippen molar-refractivity contribution in [3.8, 4) is 5.75 Å². The summed E-state index contributed by atoms with van der Waals surface area (Å²) < 4.78 is 42.7. The van der Waals surface area contributed by atoms with Gasteiger partial charge in [-0.1, -0.05) is 18.5 Å². The van der Waals surface area contributed by atoms with Crippen LogP contribution < -0.4 is 15.8 Å². The first-order valence-corrected chi connectivity index (χ1v) is 17.9. The lowest BCUT2D eigenvalue weighted by Crippen LogP contribution is -2.51. The van der Waals surface area contributed by atoms with E-state index >= 15 is 0 Å². The Labute approximate surface area is 310 Å². The molecule has 8 rings (SSSR count). The standard InChI is InChI=1S/C35H34ClF3N10O5/c1-17-13-24(31(52)42-23-6-3-20(15-22(23)36)35(37,38)39)48-27(17)28(45-9-11-46(12-10-45)32(53)26-29(51)18(2)40-16-41-26)33(54)49-34(48)43-30(44-49)19-7-8-47(21-4-5-21)25(50)14-19/h3,6,14-17,21,24,51H,4-5,7-13H2,1-2H3,(H,42,52). The van der Waals surface area contributed by atoms with Gasteiger partial charge in [0.1, 0.15) is 18.1 Å². The minimum absolute atomic E-state index is 0.0213. The summed E-state index contributed by atoms with van der Waals surface area (Å²) >= 11 is 6.20. The van der Waals surface area contributed by atoms with Gasteiger partial charge in [-0.2, -0.15) is 22.7 Å². The summed E-state index contributed by atoms with van der Waals surface area (Å²) in [5.74, 6) is -1.68. The number of nitrogens with zero attached hydrogens (tertiary/aromatic N) is 9. The SMILES string of the molecule is Cc1ncnc(C(=O)N2CCN(c3c4n(c5nc(C6=CC(=O)N(C7CC7)CC6)nn5c3=O)C(C(=O)Nc3ccc(C(F)(F)F)cc3Cl)CC4C)CC2)c1O. The van der Waals surface area contributed by atoms with E-state index in [0.717, 1.165) is 35.6 Å². The molecule has 282 valence electrons. The Bertz CT molecular complexity index is 2330. The largest absolute Gasteiger partial charge is 0.504 e. The molecule has 4 aliphatic rings. The van der Waals surface area contributed by atoms with Crippen LogP contribution >= 0.6 is 11.6 Å². The number of halogens is 4. The normalized spacial score (nSPS) is 20.4. The van der Waals surface area contributed by atoms with Gasteiger partial charge in [0, 0.05) is 56.3 Å². The molecule has 2 N–H and O–H groups in total. The number of aromatic nitrogens is 6. The Morgan fingerprint density at radius 3 is 2.46 bits per heavy atom. The van der Waals surface area contributed by atoms with Gasteiger partial charge in [0.15, 0.2) is 17.3 Å². The molecule has 2 unspecified atom stereocenters. The second-order valence-corrected chi connectivity index (χ2v) is 14.4. The van der Waals surface area contributed by atoms with Gasteiger partial charge < -0.3 is 25.1 Å². The highest BCUT2D eigenvalue weighted by Crippen LogP contribution is 2.43. The van der Waals surface area contributed by atoms with Crippen LogP contribution in [0.2, 0.25) is 5.02 Å². The minimum Gasteiger partial charge on any atom is -0.504 e. The molecule has 1 aliphatic carbocycles. The molecule has 19 heteroatoms. The fourth-order valence-corrected chi connectivity index (χ4v) is 7.74. The summed E-state index contributed by atoms with van der Waals surface area (Å²) in [5, 5.41) is 17.4. The molecular weight excluding hydrogens is 733 g/mol. The lowest BCUT2D eigenvalue weighted by atomic mass is 10.0. The Balaban J connectivity index is 1.17. The van der Waals surface area contributed by atoms with Crippen molar-refractivity contribution >= 4 is 52.0 Å². The van der Waals surface area contributed by atoms with Gasteiger partial charge in [0.05, 0.1) is 27.7 Å². The maximum absolute atomic E-state index is 14.5. The van der Waals surface area contributed by atoms with Crippen molar-refractivity contribution in [1.82, 2.24) is 38.9 Å². The number of rotatable bonds is 6. The Morgan fingerprint density at radius 1 is 1.06 bits per heavy atom. The quantitative estimate of drug-likeness (QED) is 0.294. The third-order valence-corrected chi connectivity index (χ3v) is 10.8. The van der Waals surface area contributed by atoms with Gasteiger partial charge in [0.25, 0.3) is 11.5 Å². The molecule has 3 amide bonds. The van der Waals surface area contributed by atoms with Crippen molar-refractivity contribution in [2.24, 2.45) is 0 Å². The van der Waals surface area contributed by atoms with E-state index < -0.39 is 35.2 Å². The van der Waals surface area contributed by atoms with E-state index in [-0.39, 0.29) is 95.6 Å². The minimum atomic E-state index is -4.63. The van der Waals surface area contributed by atoms with Crippen LogP contribution in [0.1, 0.15) is 77.8 Å². The lowest BCUT2D eigenvalue weighted by molar-refractivity contribution is -0.137. The summed E-state index contributed by atoms with van der Waals surface area (Å²) in [6, 6.07) is 1.90. The van der Waals surface area contributed by atoms with Crippen molar-refractivity contribution in [2.75, 3.05) is 42.9 Å². The number of aryl methyl sites for hydroxylation is 1. The van der Waals surface area contributed by atoms with Gasteiger partial charge >= 0.3 is 6.18 Å². The number of hydrogen-bond donors (Lipinski definition) is 2. The highest BCUT2D eigenvalue weighted by atomic mass is 35.5. The molecule has 1 saturated heterocycles. The molecule has 3 aliphatic heterocycles. The van der Waals surface area contributed by atoms with Crippen LogP contribution in [-0.4, -0.2) is 101 Å². The van der Waals surface area contributed by atoms with Crippen LogP contribution in [0.15, 0.2) is 35.4 Å². The number of aromatic hydroxyl groups is 1. The first kappa shape index (κ1) is 35.5. The topological polar surface area (TPSA) is 171 Å². The van der Waals surface area contributed by atoms with Crippen LogP contribution in [0.4, 0.5) is 24.5 Å². The fraction of sp³-hybridized carbons (Fsp3) is 0.429. The van der Waals surface area contributed by atoms with E-state index in [4.69, 9.17) is 16.6 Å². The number of alkyl halides is 3. The molecule has 2 fully saturated rings. The molecule has 4 aromatic rings. The van der Waals surface area contributed by atoms with Crippen LogP contribution in [0.5, 0.6) is 5.75 Å². The van der Waals surface area contributed by atoms with Crippen molar-refractivity contribution < 1.29 is 32.7 Å². The van der Waals surface area contributed by atoms with Crippen molar-refractivity contribution in [2.45, 2.75) is 63.7 Å². The lowest BCUT2D eigenvalue weighted by Gasteiger charge is -2.36. The van der Waals surface area contributed by atoms with Crippen molar-refractivity contribution in [3.63, 3.8) is 0 Å². The first-order chi connectivity index (χ1) is 25.7. The van der Waals surface area contributed by atoms with Crippen molar-refractivity contribution in [1.29, 1.82) is 0 Å². The number of carbonyl (C=O) groups is 3. The maximum Gasteiger partial charge on any atom is 0.416 e. The van der Waals surface area contributed by atoms with Crippen LogP contribution in [0.25, 0.3) is 11.4 Å². The molecule has 2 atom stereocenters. The van der Waals surface area contributed by atoms with Gasteiger partial charge in [-0.15, -0.1) is 5.10 Å². The number of nitrogens with one attached hydrogen (secondary N) is 1. The average molecular weight is 767 g/mol. The molecule has 54 heavy (non-hydrogen) atoms. The monoisotopic (exact) mass is 766 g/mol. The van der Waals surface area contributed by atoms with Gasteiger partial charge in [-0.25, -0.2) is 9.97 Å². The highest BCUT2D eigenvalue weighted by Gasteiger charge is 2.41. The number of hydrogen-bond acceptors (Lipinski definition) is 10. The summed E-state index contributed by atoms with van der Waals surface area (Å²) in [6.07, 6.45) is 0.646. The Hall–Kier alpha value is -5.52. The van der Waals surface area contributed by atoms with Gasteiger partial charge in [-0.05, 0) is 50.8 Å². The molecule has 0 bridgehead atoms. The summed E-state index contributed by atoms with van der Waals surface area (Å²) in [4.78, 5) is 72.6. The zero-order valence-electron chi connectivity index (χ0n) is 29.1. The molecule has 0 radical (unpaired) electrons. The zero-order valence-corrected chi connectivity index (χ0v) is 29.9. The second-order valence-electron chi connectivity index (χ2n) is 14.0. The summed E-state index contributed by atoms with van der Waals surface area (Å²) in [6.45, 7) is 4.69. The molecule has 1 saturated carbocycles. The third kappa shape index (κ3) is 6.11. The Morgan fingerprint density at radius 2 is 1.80 bits per heavy atom.